The summed E-state index contributed by atoms with van der Waals surface area (Å²) < 4.78 is 11.2. The summed E-state index contributed by atoms with van der Waals surface area (Å²) in [5.41, 5.74) is 2.21. The van der Waals surface area contributed by atoms with Crippen LogP contribution in [0.5, 0.6) is 0 Å². The third kappa shape index (κ3) is 4.07. The van der Waals surface area contributed by atoms with E-state index in [1.54, 1.807) is 6.08 Å². The zero-order chi connectivity index (χ0) is 20.5. The van der Waals surface area contributed by atoms with Crippen LogP contribution in [0.2, 0.25) is 0 Å². The molecule has 2 aliphatic rings. The summed E-state index contributed by atoms with van der Waals surface area (Å²) in [6.45, 7) is 14.8. The quantitative estimate of drug-likeness (QED) is 0.424. The molecule has 0 bridgehead atoms. The van der Waals surface area contributed by atoms with Gasteiger partial charge in [-0.1, -0.05) is 30.2 Å². The highest BCUT2D eigenvalue weighted by atomic mass is 16.6. The van der Waals surface area contributed by atoms with E-state index in [1.807, 2.05) is 34.6 Å². The second kappa shape index (κ2) is 7.83. The lowest BCUT2D eigenvalue weighted by atomic mass is 9.62. The Balaban J connectivity index is 2.48. The molecule has 5 nitrogen and oxygen atoms in total. The maximum Gasteiger partial charge on any atom is 0.330 e. The number of esters is 2. The topological polar surface area (TPSA) is 69.7 Å². The van der Waals surface area contributed by atoms with Crippen LogP contribution in [0.4, 0.5) is 0 Å². The molecule has 0 aliphatic heterocycles. The average molecular weight is 374 g/mol. The molecule has 0 radical (unpaired) electrons. The fourth-order valence-corrected chi connectivity index (χ4v) is 4.57. The molecule has 2 aliphatic carbocycles. The second-order valence-corrected chi connectivity index (χ2v) is 8.22. The van der Waals surface area contributed by atoms with Crippen LogP contribution in [0.1, 0.15) is 54.4 Å². The first-order valence-corrected chi connectivity index (χ1v) is 9.39. The first-order valence-electron chi connectivity index (χ1n) is 9.39. The Morgan fingerprint density at radius 2 is 1.85 bits per heavy atom. The zero-order valence-electron chi connectivity index (χ0n) is 17.1. The van der Waals surface area contributed by atoms with Crippen LogP contribution in [0, 0.1) is 17.3 Å². The number of hydrogen-bond donors (Lipinski definition) is 0. The molecule has 148 valence electrons. The van der Waals surface area contributed by atoms with E-state index in [-0.39, 0.29) is 23.6 Å². The van der Waals surface area contributed by atoms with Crippen molar-refractivity contribution in [1.29, 1.82) is 0 Å². The highest BCUT2D eigenvalue weighted by molar-refractivity contribution is 5.97. The largest absolute Gasteiger partial charge is 0.458 e. The van der Waals surface area contributed by atoms with Crippen molar-refractivity contribution in [3.05, 3.63) is 35.5 Å². The van der Waals surface area contributed by atoms with Gasteiger partial charge < -0.3 is 9.47 Å². The summed E-state index contributed by atoms with van der Waals surface area (Å²) in [4.78, 5) is 36.4. The van der Waals surface area contributed by atoms with Crippen molar-refractivity contribution in [2.75, 3.05) is 0 Å². The van der Waals surface area contributed by atoms with Gasteiger partial charge in [0, 0.05) is 24.3 Å². The molecule has 0 aromatic heterocycles. The molecule has 0 unspecified atom stereocenters. The van der Waals surface area contributed by atoms with E-state index in [2.05, 4.69) is 6.58 Å². The molecule has 1 saturated carbocycles. The van der Waals surface area contributed by atoms with Crippen LogP contribution < -0.4 is 0 Å². The number of allylic oxidation sites excluding steroid dienone is 2. The minimum absolute atomic E-state index is 0.173. The highest BCUT2D eigenvalue weighted by Gasteiger charge is 2.58. The molecule has 5 atom stereocenters. The Morgan fingerprint density at radius 3 is 2.37 bits per heavy atom. The van der Waals surface area contributed by atoms with Crippen molar-refractivity contribution in [2.45, 2.75) is 66.6 Å². The number of ketones is 1. The van der Waals surface area contributed by atoms with Gasteiger partial charge in [0.2, 0.25) is 0 Å². The van der Waals surface area contributed by atoms with Gasteiger partial charge >= 0.3 is 11.9 Å². The van der Waals surface area contributed by atoms with E-state index < -0.39 is 23.6 Å². The van der Waals surface area contributed by atoms with Gasteiger partial charge in [0.15, 0.2) is 11.9 Å². The van der Waals surface area contributed by atoms with Crippen LogP contribution in [0.15, 0.2) is 35.5 Å². The lowest BCUT2D eigenvalue weighted by molar-refractivity contribution is -0.164. The molecule has 5 heteroatoms. The third-order valence-electron chi connectivity index (χ3n) is 5.95. The Morgan fingerprint density at radius 1 is 1.22 bits per heavy atom. The van der Waals surface area contributed by atoms with Gasteiger partial charge in [-0.05, 0) is 52.5 Å². The Kier molecular flexibility index (Phi) is 6.13. The standard InChI is InChI=1S/C22H30O5/c1-12(2)8-20(25)27-19-10-17(13(3)4)11-22(19)14(5)9-18(24)21(15(22)6)26-16(7)23/h8-9,15,17,19,21H,3,10-11H2,1-2,4-7H3/t15-,17-,19-,21-,22+/m0/s1. The van der Waals surface area contributed by atoms with E-state index >= 15 is 0 Å². The zero-order valence-corrected chi connectivity index (χ0v) is 17.1. The molecular formula is C22H30O5. The number of carbonyl (C=O) groups excluding carboxylic acids is 3. The summed E-state index contributed by atoms with van der Waals surface area (Å²) in [6.07, 6.45) is 3.12. The molecular weight excluding hydrogens is 344 g/mol. The van der Waals surface area contributed by atoms with Crippen molar-refractivity contribution < 1.29 is 23.9 Å². The third-order valence-corrected chi connectivity index (χ3v) is 5.95. The van der Waals surface area contributed by atoms with Crippen LogP contribution >= 0.6 is 0 Å². The summed E-state index contributed by atoms with van der Waals surface area (Å²) in [7, 11) is 0. The van der Waals surface area contributed by atoms with Gasteiger partial charge in [-0.2, -0.15) is 0 Å². The summed E-state index contributed by atoms with van der Waals surface area (Å²) in [5.74, 6) is -1.22. The molecule has 0 heterocycles. The van der Waals surface area contributed by atoms with Gasteiger partial charge in [0.05, 0.1) is 0 Å². The highest BCUT2D eigenvalue weighted by Crippen LogP contribution is 2.57. The van der Waals surface area contributed by atoms with Gasteiger partial charge in [-0.25, -0.2) is 4.79 Å². The van der Waals surface area contributed by atoms with E-state index in [4.69, 9.17) is 9.47 Å². The number of hydrogen-bond acceptors (Lipinski definition) is 5. The van der Waals surface area contributed by atoms with Crippen LogP contribution in [0.3, 0.4) is 0 Å². The normalized spacial score (nSPS) is 32.7. The number of rotatable bonds is 4. The molecule has 0 N–H and O–H groups in total. The van der Waals surface area contributed by atoms with Crippen LogP contribution in [0.25, 0.3) is 0 Å². The van der Waals surface area contributed by atoms with Gasteiger partial charge in [-0.15, -0.1) is 0 Å². The second-order valence-electron chi connectivity index (χ2n) is 8.22. The molecule has 2 rings (SSSR count). The lowest BCUT2D eigenvalue weighted by Crippen LogP contribution is -2.51. The molecule has 1 fully saturated rings. The molecule has 0 aromatic rings. The maximum absolute atomic E-state index is 12.5. The minimum Gasteiger partial charge on any atom is -0.458 e. The fraction of sp³-hybridized carbons (Fsp3) is 0.591. The Hall–Kier alpha value is -2.17. The van der Waals surface area contributed by atoms with E-state index in [0.29, 0.717) is 12.8 Å². The fourth-order valence-electron chi connectivity index (χ4n) is 4.57. The predicted molar refractivity (Wildman–Crippen MR) is 103 cm³/mol. The summed E-state index contributed by atoms with van der Waals surface area (Å²) >= 11 is 0. The SMILES string of the molecule is C=C(C)[C@H]1C[C@H](OC(=O)C=C(C)C)[C@]2(C1)C(C)=CC(=O)[C@@H](OC(C)=O)[C@@H]2C. The smallest absolute Gasteiger partial charge is 0.330 e. The summed E-state index contributed by atoms with van der Waals surface area (Å²) in [5, 5.41) is 0. The van der Waals surface area contributed by atoms with E-state index in [9.17, 15) is 14.4 Å². The first kappa shape index (κ1) is 21.1. The van der Waals surface area contributed by atoms with Crippen molar-refractivity contribution in [1.82, 2.24) is 0 Å². The van der Waals surface area contributed by atoms with Crippen LogP contribution in [-0.4, -0.2) is 29.9 Å². The van der Waals surface area contributed by atoms with Crippen molar-refractivity contribution in [3.63, 3.8) is 0 Å². The monoisotopic (exact) mass is 374 g/mol. The average Bonchev–Trinajstić information content (AvgIpc) is 2.89. The maximum atomic E-state index is 12.5. The number of ether oxygens (including phenoxy) is 2. The van der Waals surface area contributed by atoms with E-state index in [0.717, 1.165) is 16.7 Å². The Bertz CT molecular complexity index is 725. The molecule has 27 heavy (non-hydrogen) atoms. The van der Waals surface area contributed by atoms with E-state index in [1.165, 1.54) is 13.0 Å². The first-order chi connectivity index (χ1) is 12.5. The molecule has 0 saturated heterocycles. The molecule has 0 amide bonds. The van der Waals surface area contributed by atoms with Crippen molar-refractivity contribution >= 4 is 17.7 Å². The minimum atomic E-state index is -0.861. The molecule has 0 aromatic carbocycles. The van der Waals surface area contributed by atoms with Gasteiger partial charge in [0.25, 0.3) is 0 Å². The molecule has 1 spiro atoms. The van der Waals surface area contributed by atoms with Gasteiger partial charge in [-0.3, -0.25) is 9.59 Å². The van der Waals surface area contributed by atoms with Gasteiger partial charge in [0.1, 0.15) is 6.10 Å². The van der Waals surface area contributed by atoms with Crippen molar-refractivity contribution in [3.8, 4) is 0 Å². The lowest BCUT2D eigenvalue weighted by Gasteiger charge is -2.46. The van der Waals surface area contributed by atoms with Crippen molar-refractivity contribution in [2.24, 2.45) is 17.3 Å². The predicted octanol–water partition coefficient (Wildman–Crippen LogP) is 3.93. The summed E-state index contributed by atoms with van der Waals surface area (Å²) in [6, 6.07) is 0. The number of carbonyl (C=O) groups is 3. The van der Waals surface area contributed by atoms with Crippen LogP contribution in [-0.2, 0) is 23.9 Å². The Labute approximate surface area is 161 Å².